The van der Waals surface area contributed by atoms with E-state index in [1.54, 1.807) is 24.3 Å². The van der Waals surface area contributed by atoms with E-state index in [4.69, 9.17) is 4.74 Å². The van der Waals surface area contributed by atoms with Crippen molar-refractivity contribution in [3.63, 3.8) is 0 Å². The Hall–Kier alpha value is -2.42. The lowest BCUT2D eigenvalue weighted by Gasteiger charge is -2.09. The van der Waals surface area contributed by atoms with Crippen molar-refractivity contribution in [3.8, 4) is 27.8 Å². The zero-order valence-corrected chi connectivity index (χ0v) is 19.0. The highest BCUT2D eigenvalue weighted by Crippen LogP contribution is 2.40. The maximum Gasteiger partial charge on any atom is 0.167 e. The van der Waals surface area contributed by atoms with Crippen molar-refractivity contribution in [2.45, 2.75) is 0 Å². The van der Waals surface area contributed by atoms with Crippen molar-refractivity contribution in [1.82, 2.24) is 4.98 Å². The van der Waals surface area contributed by atoms with Gasteiger partial charge in [-0.25, -0.2) is 4.98 Å². The molecule has 0 saturated carbocycles. The van der Waals surface area contributed by atoms with Crippen LogP contribution in [-0.2, 0) is 0 Å². The van der Waals surface area contributed by atoms with Crippen LogP contribution in [0.4, 0.5) is 5.69 Å². The fraction of sp³-hybridized carbons (Fsp3) is 0.0476. The number of thiazole rings is 1. The van der Waals surface area contributed by atoms with Crippen LogP contribution in [0.15, 0.2) is 62.5 Å². The van der Waals surface area contributed by atoms with E-state index >= 15 is 0 Å². The minimum atomic E-state index is -0.0263. The molecule has 0 bridgehead atoms. The lowest BCUT2D eigenvalue weighted by Crippen LogP contribution is -1.91. The van der Waals surface area contributed by atoms with E-state index in [1.807, 2.05) is 24.3 Å². The number of phenols is 2. The number of aromatic hydroxyl groups is 2. The molecule has 4 rings (SSSR count). The molecule has 3 aromatic carbocycles. The number of nitrogens with zero attached hydrogens (tertiary/aromatic N) is 2. The average molecular weight is 534 g/mol. The molecule has 0 aliphatic carbocycles. The van der Waals surface area contributed by atoms with E-state index in [0.29, 0.717) is 27.0 Å². The lowest BCUT2D eigenvalue weighted by atomic mass is 10.2. The molecule has 1 aromatic heterocycles. The number of benzene rings is 3. The van der Waals surface area contributed by atoms with Crippen LogP contribution >= 0.6 is 43.2 Å². The van der Waals surface area contributed by atoms with Gasteiger partial charge in [0.1, 0.15) is 10.8 Å². The third-order valence-corrected chi connectivity index (χ3v) is 7.34. The second-order valence-corrected chi connectivity index (χ2v) is 8.76. The summed E-state index contributed by atoms with van der Waals surface area (Å²) in [5, 5.41) is 21.6. The minimum Gasteiger partial charge on any atom is -0.507 e. The molecular weight excluding hydrogens is 520 g/mol. The number of fused-ring (bicyclic) bond motifs is 1. The van der Waals surface area contributed by atoms with Gasteiger partial charge in [0.05, 0.1) is 34.1 Å². The Balaban J connectivity index is 1.68. The standard InChI is InChI=1S/C21H14Br2N2O3S/c1-28-17-9-14(22)19(23)13(20(17)27)10-24-11-6-7-12(16(26)8-11)21-25-15-4-2-3-5-18(15)29-21/h2-10,26-27H,1H3. The predicted molar refractivity (Wildman–Crippen MR) is 124 cm³/mol. The molecule has 29 heavy (non-hydrogen) atoms. The van der Waals surface area contributed by atoms with E-state index in [9.17, 15) is 10.2 Å². The molecule has 0 aliphatic rings. The molecule has 0 unspecified atom stereocenters. The molecular formula is C21H14Br2N2O3S. The molecule has 146 valence electrons. The summed E-state index contributed by atoms with van der Waals surface area (Å²) in [7, 11) is 1.48. The third kappa shape index (κ3) is 3.88. The number of hydrogen-bond acceptors (Lipinski definition) is 6. The number of phenolic OH excluding ortho intramolecular Hbond substituents is 2. The molecule has 0 radical (unpaired) electrons. The summed E-state index contributed by atoms with van der Waals surface area (Å²) < 4.78 is 7.61. The largest absolute Gasteiger partial charge is 0.507 e. The number of methoxy groups -OCH3 is 1. The lowest BCUT2D eigenvalue weighted by molar-refractivity contribution is 0.372. The van der Waals surface area contributed by atoms with Gasteiger partial charge in [0.25, 0.3) is 0 Å². The second-order valence-electron chi connectivity index (χ2n) is 6.08. The van der Waals surface area contributed by atoms with Crippen LogP contribution in [0.5, 0.6) is 17.2 Å². The van der Waals surface area contributed by atoms with E-state index in [1.165, 1.54) is 24.7 Å². The summed E-state index contributed by atoms with van der Waals surface area (Å²) in [5.41, 5.74) is 2.56. The zero-order valence-electron chi connectivity index (χ0n) is 15.1. The molecule has 0 amide bonds. The molecule has 0 fully saturated rings. The topological polar surface area (TPSA) is 74.9 Å². The minimum absolute atomic E-state index is 0.0263. The molecule has 0 atom stereocenters. The molecule has 0 saturated heterocycles. The van der Waals surface area contributed by atoms with Crippen LogP contribution in [0.2, 0.25) is 0 Å². The molecule has 8 heteroatoms. The molecule has 4 aromatic rings. The Labute approximate surface area is 187 Å². The van der Waals surface area contributed by atoms with E-state index < -0.39 is 0 Å². The Morgan fingerprint density at radius 3 is 2.62 bits per heavy atom. The SMILES string of the molecule is COc1cc(Br)c(Br)c(C=Nc2ccc(-c3nc4ccccc4s3)c(O)c2)c1O. The van der Waals surface area contributed by atoms with Crippen LogP contribution in [0.25, 0.3) is 20.8 Å². The Morgan fingerprint density at radius 1 is 1.10 bits per heavy atom. The number of halogens is 2. The normalized spacial score (nSPS) is 11.4. The first-order valence-corrected chi connectivity index (χ1v) is 10.9. The molecule has 2 N–H and O–H groups in total. The Bertz CT molecular complexity index is 1220. The van der Waals surface area contributed by atoms with Gasteiger partial charge in [-0.15, -0.1) is 11.3 Å². The third-order valence-electron chi connectivity index (χ3n) is 4.26. The van der Waals surface area contributed by atoms with Gasteiger partial charge in [-0.3, -0.25) is 4.99 Å². The van der Waals surface area contributed by atoms with Gasteiger partial charge < -0.3 is 14.9 Å². The smallest absolute Gasteiger partial charge is 0.167 e. The highest BCUT2D eigenvalue weighted by atomic mass is 79.9. The van der Waals surface area contributed by atoms with Crippen molar-refractivity contribution in [2.24, 2.45) is 4.99 Å². The number of aliphatic imine (C=N–C) groups is 1. The summed E-state index contributed by atoms with van der Waals surface area (Å²) in [5.74, 6) is 0.394. The van der Waals surface area contributed by atoms with Crippen molar-refractivity contribution in [3.05, 3.63) is 63.0 Å². The summed E-state index contributed by atoms with van der Waals surface area (Å²) in [6.07, 6.45) is 1.51. The molecule has 1 heterocycles. The summed E-state index contributed by atoms with van der Waals surface area (Å²) in [6.45, 7) is 0. The van der Waals surface area contributed by atoms with Gasteiger partial charge in [0.15, 0.2) is 11.5 Å². The van der Waals surface area contributed by atoms with Crippen LogP contribution in [0.3, 0.4) is 0 Å². The molecule has 0 aliphatic heterocycles. The van der Waals surface area contributed by atoms with Crippen molar-refractivity contribution >= 4 is 65.3 Å². The van der Waals surface area contributed by atoms with Crippen LogP contribution in [0.1, 0.15) is 5.56 Å². The first kappa shape index (κ1) is 19.9. The average Bonchev–Trinajstić information content (AvgIpc) is 3.14. The van der Waals surface area contributed by atoms with Gasteiger partial charge >= 0.3 is 0 Å². The van der Waals surface area contributed by atoms with Crippen molar-refractivity contribution in [2.75, 3.05) is 7.11 Å². The Morgan fingerprint density at radius 2 is 1.90 bits per heavy atom. The summed E-state index contributed by atoms with van der Waals surface area (Å²) in [4.78, 5) is 8.97. The van der Waals surface area contributed by atoms with Crippen LogP contribution in [0, 0.1) is 0 Å². The van der Waals surface area contributed by atoms with Gasteiger partial charge in [0.2, 0.25) is 0 Å². The monoisotopic (exact) mass is 532 g/mol. The van der Waals surface area contributed by atoms with Gasteiger partial charge in [-0.1, -0.05) is 12.1 Å². The second kappa shape index (κ2) is 8.14. The van der Waals surface area contributed by atoms with E-state index in [0.717, 1.165) is 19.7 Å². The first-order chi connectivity index (χ1) is 14.0. The molecule has 0 spiro atoms. The van der Waals surface area contributed by atoms with Gasteiger partial charge in [0, 0.05) is 21.2 Å². The predicted octanol–water partition coefficient (Wildman–Crippen LogP) is 6.66. The van der Waals surface area contributed by atoms with E-state index in [2.05, 4.69) is 41.8 Å². The van der Waals surface area contributed by atoms with Gasteiger partial charge in [-0.2, -0.15) is 0 Å². The maximum absolute atomic E-state index is 10.5. The fourth-order valence-corrected chi connectivity index (χ4v) is 4.62. The number of rotatable bonds is 4. The van der Waals surface area contributed by atoms with Crippen LogP contribution in [-0.4, -0.2) is 28.5 Å². The Kier molecular flexibility index (Phi) is 5.58. The highest BCUT2D eigenvalue weighted by Gasteiger charge is 2.15. The van der Waals surface area contributed by atoms with Gasteiger partial charge in [-0.05, 0) is 62.2 Å². The number of hydrogen-bond donors (Lipinski definition) is 2. The summed E-state index contributed by atoms with van der Waals surface area (Å²) in [6, 6.07) is 14.7. The quantitative estimate of drug-likeness (QED) is 0.288. The van der Waals surface area contributed by atoms with Crippen molar-refractivity contribution < 1.29 is 14.9 Å². The maximum atomic E-state index is 10.5. The zero-order chi connectivity index (χ0) is 20.5. The highest BCUT2D eigenvalue weighted by molar-refractivity contribution is 9.13. The fourth-order valence-electron chi connectivity index (χ4n) is 2.79. The van der Waals surface area contributed by atoms with Crippen molar-refractivity contribution in [1.29, 1.82) is 0 Å². The first-order valence-electron chi connectivity index (χ1n) is 8.46. The number of aromatic nitrogens is 1. The number of ether oxygens (including phenoxy) is 1. The van der Waals surface area contributed by atoms with E-state index in [-0.39, 0.29) is 11.5 Å². The summed E-state index contributed by atoms with van der Waals surface area (Å²) >= 11 is 8.37. The number of para-hydroxylation sites is 1. The van der Waals surface area contributed by atoms with Crippen LogP contribution < -0.4 is 4.74 Å². The molecule has 5 nitrogen and oxygen atoms in total.